The highest BCUT2D eigenvalue weighted by atomic mass is 32.2. The van der Waals surface area contributed by atoms with E-state index in [1.165, 1.54) is 30.3 Å². The second kappa shape index (κ2) is 8.88. The van der Waals surface area contributed by atoms with E-state index in [-0.39, 0.29) is 15.4 Å². The fourth-order valence-electron chi connectivity index (χ4n) is 3.57. The van der Waals surface area contributed by atoms with Crippen molar-refractivity contribution in [3.05, 3.63) is 82.9 Å². The highest BCUT2D eigenvalue weighted by molar-refractivity contribution is 7.91. The molecular weight excluding hydrogens is 448 g/mol. The maximum absolute atomic E-state index is 13.4. The number of sulfone groups is 2. The molecule has 0 aromatic heterocycles. The van der Waals surface area contributed by atoms with Crippen LogP contribution < -0.4 is 0 Å². The van der Waals surface area contributed by atoms with Crippen LogP contribution in [0, 0.1) is 6.92 Å². The maximum atomic E-state index is 13.4. The van der Waals surface area contributed by atoms with Crippen molar-refractivity contribution < 1.29 is 26.7 Å². The quantitative estimate of drug-likeness (QED) is 0.550. The lowest BCUT2D eigenvalue weighted by molar-refractivity contribution is 0.0696. The summed E-state index contributed by atoms with van der Waals surface area (Å²) in [5.41, 5.74) is 3.07. The third-order valence-corrected chi connectivity index (χ3v) is 8.06. The molecule has 0 spiro atoms. The van der Waals surface area contributed by atoms with E-state index < -0.39 is 31.4 Å². The standard InChI is InChI=1S/C24H24O6S2/c1-4-17-8-9-19(24(25)26)14-23(17)32(29,30)15-20-13-21(31(3,27)28)10-11-22(20)18-7-5-6-16(2)12-18/h5-14H,4,15H2,1-3H3,(H,25,26). The molecule has 0 atom stereocenters. The number of aromatic carboxylic acids is 1. The fraction of sp³-hybridized carbons (Fsp3) is 0.208. The molecule has 0 amide bonds. The molecular formula is C24H24O6S2. The van der Waals surface area contributed by atoms with Gasteiger partial charge in [0.2, 0.25) is 0 Å². The Morgan fingerprint density at radius 1 is 0.906 bits per heavy atom. The van der Waals surface area contributed by atoms with Crippen LogP contribution in [0.3, 0.4) is 0 Å². The van der Waals surface area contributed by atoms with Gasteiger partial charge in [-0.05, 0) is 59.9 Å². The number of benzene rings is 3. The molecule has 0 aliphatic rings. The summed E-state index contributed by atoms with van der Waals surface area (Å²) in [5.74, 6) is -1.68. The van der Waals surface area contributed by atoms with E-state index in [2.05, 4.69) is 0 Å². The van der Waals surface area contributed by atoms with Crippen LogP contribution in [0.2, 0.25) is 0 Å². The van der Waals surface area contributed by atoms with E-state index in [9.17, 15) is 26.7 Å². The van der Waals surface area contributed by atoms with Crippen molar-refractivity contribution in [1.29, 1.82) is 0 Å². The van der Waals surface area contributed by atoms with Crippen LogP contribution in [-0.2, 0) is 31.8 Å². The number of carboxylic acids is 1. The molecule has 0 unspecified atom stereocenters. The van der Waals surface area contributed by atoms with Crippen LogP contribution in [-0.4, -0.2) is 34.2 Å². The predicted molar refractivity (Wildman–Crippen MR) is 123 cm³/mol. The molecule has 1 N–H and O–H groups in total. The second-order valence-corrected chi connectivity index (χ2v) is 11.7. The number of hydrogen-bond donors (Lipinski definition) is 1. The Balaban J connectivity index is 2.21. The van der Waals surface area contributed by atoms with Gasteiger partial charge in [0.15, 0.2) is 19.7 Å². The van der Waals surface area contributed by atoms with E-state index in [0.717, 1.165) is 17.4 Å². The molecule has 0 heterocycles. The predicted octanol–water partition coefficient (Wildman–Crippen LogP) is 4.30. The number of hydrogen-bond acceptors (Lipinski definition) is 5. The Hall–Kier alpha value is -2.97. The van der Waals surface area contributed by atoms with Crippen molar-refractivity contribution in [2.75, 3.05) is 6.26 Å². The number of carbonyl (C=O) groups is 1. The van der Waals surface area contributed by atoms with E-state index in [4.69, 9.17) is 0 Å². The molecule has 8 heteroatoms. The Morgan fingerprint density at radius 2 is 1.62 bits per heavy atom. The summed E-state index contributed by atoms with van der Waals surface area (Å²) < 4.78 is 51.1. The lowest BCUT2D eigenvalue weighted by Crippen LogP contribution is -2.11. The highest BCUT2D eigenvalue weighted by Gasteiger charge is 2.23. The molecule has 6 nitrogen and oxygen atoms in total. The molecule has 0 bridgehead atoms. The summed E-state index contributed by atoms with van der Waals surface area (Å²) in [5, 5.41) is 9.31. The zero-order valence-electron chi connectivity index (χ0n) is 18.0. The smallest absolute Gasteiger partial charge is 0.335 e. The van der Waals surface area contributed by atoms with Gasteiger partial charge in [-0.1, -0.05) is 48.9 Å². The van der Waals surface area contributed by atoms with Gasteiger partial charge in [-0.2, -0.15) is 0 Å². The van der Waals surface area contributed by atoms with Gasteiger partial charge in [-0.25, -0.2) is 21.6 Å². The molecule has 0 saturated carbocycles. The van der Waals surface area contributed by atoms with Gasteiger partial charge in [0, 0.05) is 6.26 Å². The van der Waals surface area contributed by atoms with Gasteiger partial charge < -0.3 is 5.11 Å². The maximum Gasteiger partial charge on any atom is 0.335 e. The van der Waals surface area contributed by atoms with Gasteiger partial charge in [0.1, 0.15) is 0 Å². The summed E-state index contributed by atoms with van der Waals surface area (Å²) in [7, 11) is -7.53. The van der Waals surface area contributed by atoms with Crippen molar-refractivity contribution in [2.24, 2.45) is 0 Å². The highest BCUT2D eigenvalue weighted by Crippen LogP contribution is 2.31. The largest absolute Gasteiger partial charge is 0.478 e. The average Bonchev–Trinajstić information content (AvgIpc) is 2.72. The van der Waals surface area contributed by atoms with Crippen LogP contribution in [0.25, 0.3) is 11.1 Å². The molecule has 0 fully saturated rings. The van der Waals surface area contributed by atoms with Crippen LogP contribution in [0.5, 0.6) is 0 Å². The molecule has 0 saturated heterocycles. The van der Waals surface area contributed by atoms with Gasteiger partial charge >= 0.3 is 5.97 Å². The summed E-state index contributed by atoms with van der Waals surface area (Å²) in [6, 6.07) is 16.0. The first-order chi connectivity index (χ1) is 14.9. The van der Waals surface area contributed by atoms with E-state index in [0.29, 0.717) is 23.1 Å². The Kier molecular flexibility index (Phi) is 6.57. The normalized spacial score (nSPS) is 12.0. The van der Waals surface area contributed by atoms with Crippen molar-refractivity contribution in [2.45, 2.75) is 35.8 Å². The molecule has 3 aromatic rings. The first-order valence-corrected chi connectivity index (χ1v) is 13.5. The molecule has 3 rings (SSSR count). The minimum atomic E-state index is -3.97. The molecule has 0 aliphatic carbocycles. The first-order valence-electron chi connectivity index (χ1n) is 9.91. The summed E-state index contributed by atoms with van der Waals surface area (Å²) in [4.78, 5) is 11.4. The third-order valence-electron chi connectivity index (χ3n) is 5.21. The number of carboxylic acid groups (broad SMARTS) is 1. The summed E-state index contributed by atoms with van der Waals surface area (Å²) in [6.07, 6.45) is 1.47. The zero-order chi connectivity index (χ0) is 23.7. The topological polar surface area (TPSA) is 106 Å². The van der Waals surface area contributed by atoms with Crippen LogP contribution >= 0.6 is 0 Å². The van der Waals surface area contributed by atoms with Crippen molar-refractivity contribution in [1.82, 2.24) is 0 Å². The monoisotopic (exact) mass is 472 g/mol. The lowest BCUT2D eigenvalue weighted by Gasteiger charge is -2.15. The fourth-order valence-corrected chi connectivity index (χ4v) is 5.96. The molecule has 32 heavy (non-hydrogen) atoms. The average molecular weight is 473 g/mol. The minimum Gasteiger partial charge on any atom is -0.478 e. The zero-order valence-corrected chi connectivity index (χ0v) is 19.6. The summed E-state index contributed by atoms with van der Waals surface area (Å²) >= 11 is 0. The van der Waals surface area contributed by atoms with Gasteiger partial charge in [0.25, 0.3) is 0 Å². The van der Waals surface area contributed by atoms with Crippen molar-refractivity contribution in [3.8, 4) is 11.1 Å². The molecule has 0 radical (unpaired) electrons. The summed E-state index contributed by atoms with van der Waals surface area (Å²) in [6.45, 7) is 3.70. The van der Waals surface area contributed by atoms with E-state index in [1.807, 2.05) is 31.2 Å². The van der Waals surface area contributed by atoms with Crippen LogP contribution in [0.4, 0.5) is 0 Å². The first kappa shape index (κ1) is 23.7. The van der Waals surface area contributed by atoms with Crippen molar-refractivity contribution in [3.63, 3.8) is 0 Å². The van der Waals surface area contributed by atoms with Crippen molar-refractivity contribution >= 4 is 25.6 Å². The number of rotatable bonds is 7. The molecule has 3 aromatic carbocycles. The molecule has 168 valence electrons. The van der Waals surface area contributed by atoms with Crippen LogP contribution in [0.15, 0.2) is 70.5 Å². The van der Waals surface area contributed by atoms with E-state index >= 15 is 0 Å². The lowest BCUT2D eigenvalue weighted by atomic mass is 9.99. The van der Waals surface area contributed by atoms with Gasteiger partial charge in [0.05, 0.1) is 21.1 Å². The second-order valence-electron chi connectivity index (χ2n) is 7.70. The Labute approximate surface area is 188 Å². The van der Waals surface area contributed by atoms with Gasteiger partial charge in [-0.15, -0.1) is 0 Å². The third kappa shape index (κ3) is 5.08. The Morgan fingerprint density at radius 3 is 2.22 bits per heavy atom. The Bertz CT molecular complexity index is 1400. The van der Waals surface area contributed by atoms with E-state index in [1.54, 1.807) is 13.0 Å². The van der Waals surface area contributed by atoms with Gasteiger partial charge in [-0.3, -0.25) is 0 Å². The number of aryl methyl sites for hydroxylation is 2. The SMILES string of the molecule is CCc1ccc(C(=O)O)cc1S(=O)(=O)Cc1cc(S(C)(=O)=O)ccc1-c1cccc(C)c1. The molecule has 0 aliphatic heterocycles. The van der Waals surface area contributed by atoms with Crippen LogP contribution in [0.1, 0.15) is 34.0 Å². The minimum absolute atomic E-state index is 0.0223.